The molecule has 0 spiro atoms. The number of phenolic OH excluding ortho intramolecular Hbond substituents is 1. The fourth-order valence-electron chi connectivity index (χ4n) is 2.19. The van der Waals surface area contributed by atoms with Gasteiger partial charge in [0.1, 0.15) is 5.52 Å². The summed E-state index contributed by atoms with van der Waals surface area (Å²) in [7, 11) is 0. The number of hydrogen-bond acceptors (Lipinski definition) is 5. The molecule has 0 unspecified atom stereocenters. The van der Waals surface area contributed by atoms with Crippen molar-refractivity contribution in [1.29, 1.82) is 0 Å². The second-order valence-electron chi connectivity index (χ2n) is 4.30. The standard InChI is InChI=1S/C12H15N3O2/c16-11-9(7-15-5-3-13-4-6-15)1-2-10-12(11)17-8-14-10/h1-2,8,13,16H,3-7H2. The second kappa shape index (κ2) is 4.35. The molecule has 0 atom stereocenters. The fraction of sp³-hybridized carbons (Fsp3) is 0.417. The van der Waals surface area contributed by atoms with E-state index in [1.54, 1.807) is 0 Å². The van der Waals surface area contributed by atoms with Gasteiger partial charge in [-0.05, 0) is 6.07 Å². The lowest BCUT2D eigenvalue weighted by molar-refractivity contribution is 0.230. The Labute approximate surface area is 99.0 Å². The first-order valence-electron chi connectivity index (χ1n) is 5.82. The van der Waals surface area contributed by atoms with E-state index < -0.39 is 0 Å². The van der Waals surface area contributed by atoms with E-state index in [0.29, 0.717) is 11.1 Å². The highest BCUT2D eigenvalue weighted by atomic mass is 16.4. The summed E-state index contributed by atoms with van der Waals surface area (Å²) in [6.07, 6.45) is 1.36. The summed E-state index contributed by atoms with van der Waals surface area (Å²) in [5.41, 5.74) is 2.08. The largest absolute Gasteiger partial charge is 0.504 e. The Bertz CT molecular complexity index is 517. The van der Waals surface area contributed by atoms with Gasteiger partial charge in [-0.15, -0.1) is 0 Å². The first-order valence-corrected chi connectivity index (χ1v) is 5.82. The van der Waals surface area contributed by atoms with Gasteiger partial charge in [-0.2, -0.15) is 0 Å². The van der Waals surface area contributed by atoms with Crippen LogP contribution in [0.4, 0.5) is 0 Å². The number of nitrogens with one attached hydrogen (secondary N) is 1. The van der Waals surface area contributed by atoms with E-state index in [2.05, 4.69) is 15.2 Å². The minimum absolute atomic E-state index is 0.221. The summed E-state index contributed by atoms with van der Waals surface area (Å²) >= 11 is 0. The maximum atomic E-state index is 10.1. The molecule has 1 aromatic heterocycles. The third kappa shape index (κ3) is 1.99. The Kier molecular flexibility index (Phi) is 2.70. The van der Waals surface area contributed by atoms with Crippen LogP contribution in [0.3, 0.4) is 0 Å². The van der Waals surface area contributed by atoms with E-state index >= 15 is 0 Å². The molecule has 1 saturated heterocycles. The van der Waals surface area contributed by atoms with Crippen molar-refractivity contribution in [2.45, 2.75) is 6.54 Å². The first-order chi connectivity index (χ1) is 8.34. The number of hydrogen-bond donors (Lipinski definition) is 2. The molecule has 0 radical (unpaired) electrons. The minimum Gasteiger partial charge on any atom is -0.504 e. The molecule has 5 nitrogen and oxygen atoms in total. The highest BCUT2D eigenvalue weighted by molar-refractivity contribution is 5.80. The summed E-state index contributed by atoms with van der Waals surface area (Å²) in [6.45, 7) is 4.78. The van der Waals surface area contributed by atoms with Crippen molar-refractivity contribution in [3.63, 3.8) is 0 Å². The van der Waals surface area contributed by atoms with Crippen LogP contribution in [-0.2, 0) is 6.54 Å². The van der Waals surface area contributed by atoms with Gasteiger partial charge in [-0.3, -0.25) is 4.90 Å². The summed E-state index contributed by atoms with van der Waals surface area (Å²) in [6, 6.07) is 3.80. The van der Waals surface area contributed by atoms with Gasteiger partial charge in [-0.1, -0.05) is 6.07 Å². The molecular weight excluding hydrogens is 218 g/mol. The zero-order valence-electron chi connectivity index (χ0n) is 9.52. The Hall–Kier alpha value is -1.59. The lowest BCUT2D eigenvalue weighted by Gasteiger charge is -2.27. The van der Waals surface area contributed by atoms with Crippen LogP contribution in [0.15, 0.2) is 22.9 Å². The van der Waals surface area contributed by atoms with Gasteiger partial charge in [0.15, 0.2) is 17.7 Å². The zero-order chi connectivity index (χ0) is 11.7. The summed E-state index contributed by atoms with van der Waals surface area (Å²) in [4.78, 5) is 6.33. The topological polar surface area (TPSA) is 61.5 Å². The first kappa shape index (κ1) is 10.6. The van der Waals surface area contributed by atoms with E-state index in [9.17, 15) is 5.11 Å². The van der Waals surface area contributed by atoms with Gasteiger partial charge in [0.25, 0.3) is 0 Å². The zero-order valence-corrected chi connectivity index (χ0v) is 9.52. The molecule has 1 aliphatic rings. The van der Waals surface area contributed by atoms with Gasteiger partial charge in [0.05, 0.1) is 0 Å². The number of piperazine rings is 1. The highest BCUT2D eigenvalue weighted by Gasteiger charge is 2.15. The van der Waals surface area contributed by atoms with Crippen molar-refractivity contribution >= 4 is 11.1 Å². The van der Waals surface area contributed by atoms with E-state index in [4.69, 9.17) is 4.42 Å². The molecule has 2 aromatic rings. The SMILES string of the molecule is Oc1c(CN2CCNCC2)ccc2ncoc12. The Morgan fingerprint density at radius 3 is 3.00 bits per heavy atom. The maximum absolute atomic E-state index is 10.1. The van der Waals surface area contributed by atoms with Crippen LogP contribution in [0.2, 0.25) is 0 Å². The molecule has 2 heterocycles. The van der Waals surface area contributed by atoms with Crippen LogP contribution in [0.5, 0.6) is 5.75 Å². The predicted octanol–water partition coefficient (Wildman–Crippen LogP) is 0.939. The molecule has 3 rings (SSSR count). The molecule has 5 heteroatoms. The number of nitrogens with zero attached hydrogens (tertiary/aromatic N) is 2. The molecule has 0 aliphatic carbocycles. The molecule has 17 heavy (non-hydrogen) atoms. The monoisotopic (exact) mass is 233 g/mol. The van der Waals surface area contributed by atoms with Crippen LogP contribution < -0.4 is 5.32 Å². The molecule has 0 saturated carbocycles. The summed E-state index contributed by atoms with van der Waals surface area (Å²) in [5.74, 6) is 0.221. The second-order valence-corrected chi connectivity index (χ2v) is 4.30. The van der Waals surface area contributed by atoms with Gasteiger partial charge >= 0.3 is 0 Å². The highest BCUT2D eigenvalue weighted by Crippen LogP contribution is 2.28. The molecule has 2 N–H and O–H groups in total. The molecule has 0 bridgehead atoms. The molecular formula is C12H15N3O2. The van der Waals surface area contributed by atoms with Gasteiger partial charge in [0.2, 0.25) is 0 Å². The van der Waals surface area contributed by atoms with E-state index in [1.165, 1.54) is 6.39 Å². The molecule has 1 aliphatic heterocycles. The molecule has 90 valence electrons. The Balaban J connectivity index is 1.86. The molecule has 1 fully saturated rings. The number of aromatic hydroxyl groups is 1. The smallest absolute Gasteiger partial charge is 0.196 e. The number of oxazole rings is 1. The van der Waals surface area contributed by atoms with Crippen LogP contribution >= 0.6 is 0 Å². The Morgan fingerprint density at radius 1 is 1.35 bits per heavy atom. The number of benzene rings is 1. The van der Waals surface area contributed by atoms with Crippen molar-refractivity contribution in [3.05, 3.63) is 24.1 Å². The van der Waals surface area contributed by atoms with Crippen LogP contribution in [0.25, 0.3) is 11.1 Å². The maximum Gasteiger partial charge on any atom is 0.196 e. The quantitative estimate of drug-likeness (QED) is 0.808. The number of phenols is 1. The van der Waals surface area contributed by atoms with Crippen molar-refractivity contribution in [1.82, 2.24) is 15.2 Å². The van der Waals surface area contributed by atoms with Gasteiger partial charge in [-0.25, -0.2) is 4.98 Å². The van der Waals surface area contributed by atoms with Gasteiger partial charge < -0.3 is 14.8 Å². The normalized spacial score (nSPS) is 17.6. The third-order valence-corrected chi connectivity index (χ3v) is 3.16. The van der Waals surface area contributed by atoms with Crippen LogP contribution in [0, 0.1) is 0 Å². The van der Waals surface area contributed by atoms with Crippen molar-refractivity contribution in [3.8, 4) is 5.75 Å². The van der Waals surface area contributed by atoms with Crippen LogP contribution in [-0.4, -0.2) is 41.2 Å². The van der Waals surface area contributed by atoms with Crippen molar-refractivity contribution in [2.24, 2.45) is 0 Å². The number of aromatic nitrogens is 1. The third-order valence-electron chi connectivity index (χ3n) is 3.16. The average molecular weight is 233 g/mol. The summed E-state index contributed by atoms with van der Waals surface area (Å²) < 4.78 is 5.19. The molecule has 1 aromatic carbocycles. The number of fused-ring (bicyclic) bond motifs is 1. The van der Waals surface area contributed by atoms with Crippen LogP contribution in [0.1, 0.15) is 5.56 Å². The lowest BCUT2D eigenvalue weighted by Crippen LogP contribution is -2.42. The predicted molar refractivity (Wildman–Crippen MR) is 63.8 cm³/mol. The summed E-state index contributed by atoms with van der Waals surface area (Å²) in [5, 5.41) is 13.4. The fourth-order valence-corrected chi connectivity index (χ4v) is 2.19. The lowest BCUT2D eigenvalue weighted by atomic mass is 10.1. The average Bonchev–Trinajstić information content (AvgIpc) is 2.83. The van der Waals surface area contributed by atoms with E-state index in [1.807, 2.05) is 12.1 Å². The minimum atomic E-state index is 0.221. The molecule has 0 amide bonds. The van der Waals surface area contributed by atoms with E-state index in [0.717, 1.165) is 38.3 Å². The Morgan fingerprint density at radius 2 is 2.18 bits per heavy atom. The van der Waals surface area contributed by atoms with Gasteiger partial charge in [0, 0.05) is 38.3 Å². The van der Waals surface area contributed by atoms with Crippen molar-refractivity contribution in [2.75, 3.05) is 26.2 Å². The van der Waals surface area contributed by atoms with E-state index in [-0.39, 0.29) is 5.75 Å². The van der Waals surface area contributed by atoms with Crippen molar-refractivity contribution < 1.29 is 9.52 Å². The number of rotatable bonds is 2.